The van der Waals surface area contributed by atoms with Crippen LogP contribution in [0.25, 0.3) is 0 Å². The molecule has 1 aromatic carbocycles. The number of ketones is 1. The van der Waals surface area contributed by atoms with Gasteiger partial charge < -0.3 is 9.30 Å². The number of benzene rings is 1. The molecule has 31 heavy (non-hydrogen) atoms. The molecule has 1 N–H and O–H groups in total. The molecular weight excluding hydrogens is 437 g/mol. The average molecular weight is 460 g/mol. The fourth-order valence-corrected chi connectivity index (χ4v) is 4.15. The number of alkyl halides is 3. The van der Waals surface area contributed by atoms with Gasteiger partial charge in [0.1, 0.15) is 0 Å². The number of sulfonamides is 1. The number of aromatic nitrogens is 1. The summed E-state index contributed by atoms with van der Waals surface area (Å²) < 4.78 is 71.5. The van der Waals surface area contributed by atoms with E-state index < -0.39 is 45.8 Å². The number of hydrogen-bond acceptors (Lipinski definition) is 5. The summed E-state index contributed by atoms with van der Waals surface area (Å²) in [5.74, 6) is -1.20. The third-order valence-corrected chi connectivity index (χ3v) is 6.11. The highest BCUT2D eigenvalue weighted by Gasteiger charge is 2.31. The van der Waals surface area contributed by atoms with E-state index in [-0.39, 0.29) is 12.2 Å². The minimum atomic E-state index is -4.68. The van der Waals surface area contributed by atoms with E-state index >= 15 is 0 Å². The van der Waals surface area contributed by atoms with Gasteiger partial charge in [0.2, 0.25) is 15.8 Å². The normalized spacial score (nSPS) is 12.1. The zero-order chi connectivity index (χ0) is 23.4. The predicted octanol–water partition coefficient (Wildman–Crippen LogP) is 3.24. The first-order valence-electron chi connectivity index (χ1n) is 9.39. The summed E-state index contributed by atoms with van der Waals surface area (Å²) in [6.07, 6.45) is -5.07. The Labute approximate surface area is 178 Å². The second kappa shape index (κ2) is 9.65. The first kappa shape index (κ1) is 24.6. The molecule has 7 nitrogen and oxygen atoms in total. The van der Waals surface area contributed by atoms with Crippen LogP contribution in [0.4, 0.5) is 13.2 Å². The molecular formula is C20H23F3N2O5S. The topological polar surface area (TPSA) is 94.5 Å². The van der Waals surface area contributed by atoms with Crippen LogP contribution in [0.5, 0.6) is 0 Å². The van der Waals surface area contributed by atoms with Gasteiger partial charge in [0.15, 0.2) is 6.61 Å². The summed E-state index contributed by atoms with van der Waals surface area (Å²) in [7, 11) is -4.25. The van der Waals surface area contributed by atoms with Gasteiger partial charge in [0.05, 0.1) is 16.9 Å². The van der Waals surface area contributed by atoms with Crippen LogP contribution < -0.4 is 4.72 Å². The lowest BCUT2D eigenvalue weighted by molar-refractivity contribution is -0.142. The number of halogens is 3. The molecule has 0 saturated carbocycles. The standard InChI is InChI=1S/C20H23F3N2O5S/c1-4-25-13(2)10-17(14(25)3)18(26)12-30-19(27)8-9-24-31(28,29)16-7-5-6-15(11-16)20(21,22)23/h5-7,10-11,24H,4,8-9,12H2,1-3H3. The molecule has 0 radical (unpaired) electrons. The van der Waals surface area contributed by atoms with E-state index in [1.54, 1.807) is 13.0 Å². The molecule has 0 aliphatic carbocycles. The van der Waals surface area contributed by atoms with E-state index in [2.05, 4.69) is 0 Å². The largest absolute Gasteiger partial charge is 0.457 e. The third kappa shape index (κ3) is 6.17. The Morgan fingerprint density at radius 1 is 1.16 bits per heavy atom. The van der Waals surface area contributed by atoms with Crippen molar-refractivity contribution >= 4 is 21.8 Å². The van der Waals surface area contributed by atoms with Crippen molar-refractivity contribution in [3.05, 3.63) is 52.8 Å². The van der Waals surface area contributed by atoms with Gasteiger partial charge in [-0.15, -0.1) is 0 Å². The molecule has 0 aliphatic rings. The molecule has 0 unspecified atom stereocenters. The predicted molar refractivity (Wildman–Crippen MR) is 106 cm³/mol. The molecule has 2 aromatic rings. The van der Waals surface area contributed by atoms with Gasteiger partial charge in [-0.2, -0.15) is 13.2 Å². The van der Waals surface area contributed by atoms with Gasteiger partial charge in [0, 0.05) is 30.0 Å². The van der Waals surface area contributed by atoms with Crippen LogP contribution in [0.2, 0.25) is 0 Å². The van der Waals surface area contributed by atoms with Crippen molar-refractivity contribution in [2.24, 2.45) is 0 Å². The van der Waals surface area contributed by atoms with Crippen LogP contribution in [0, 0.1) is 13.8 Å². The summed E-state index contributed by atoms with van der Waals surface area (Å²) >= 11 is 0. The third-order valence-electron chi connectivity index (χ3n) is 4.65. The maximum absolute atomic E-state index is 12.7. The summed E-state index contributed by atoms with van der Waals surface area (Å²) in [5.41, 5.74) is 1.00. The van der Waals surface area contributed by atoms with Gasteiger partial charge in [-0.05, 0) is 45.0 Å². The van der Waals surface area contributed by atoms with Crippen molar-refractivity contribution in [1.82, 2.24) is 9.29 Å². The first-order chi connectivity index (χ1) is 14.4. The van der Waals surface area contributed by atoms with Gasteiger partial charge >= 0.3 is 12.1 Å². The number of rotatable bonds is 9. The number of esters is 1. The molecule has 0 spiro atoms. The Bertz CT molecular complexity index is 1070. The zero-order valence-corrected chi connectivity index (χ0v) is 18.1. The highest BCUT2D eigenvalue weighted by Crippen LogP contribution is 2.30. The average Bonchev–Trinajstić information content (AvgIpc) is 2.99. The van der Waals surface area contributed by atoms with Gasteiger partial charge in [-0.3, -0.25) is 9.59 Å². The van der Waals surface area contributed by atoms with Gasteiger partial charge in [-0.1, -0.05) is 6.07 Å². The summed E-state index contributed by atoms with van der Waals surface area (Å²) in [6.45, 7) is 5.39. The molecule has 0 saturated heterocycles. The highest BCUT2D eigenvalue weighted by atomic mass is 32.2. The van der Waals surface area contributed by atoms with E-state index in [0.29, 0.717) is 18.2 Å². The fourth-order valence-electron chi connectivity index (χ4n) is 3.08. The van der Waals surface area contributed by atoms with Crippen molar-refractivity contribution in [3.8, 4) is 0 Å². The molecule has 0 bridgehead atoms. The Balaban J connectivity index is 1.89. The molecule has 1 aromatic heterocycles. The van der Waals surface area contributed by atoms with Crippen LogP contribution in [-0.4, -0.2) is 37.9 Å². The summed E-state index contributed by atoms with van der Waals surface area (Å²) in [4.78, 5) is 23.6. The molecule has 11 heteroatoms. The van der Waals surface area contributed by atoms with Crippen molar-refractivity contribution in [2.45, 2.75) is 44.8 Å². The second-order valence-electron chi connectivity index (χ2n) is 6.79. The fraction of sp³-hybridized carbons (Fsp3) is 0.400. The van der Waals surface area contributed by atoms with E-state index in [9.17, 15) is 31.2 Å². The second-order valence-corrected chi connectivity index (χ2v) is 8.55. The van der Waals surface area contributed by atoms with Crippen molar-refractivity contribution in [3.63, 3.8) is 0 Å². The quantitative estimate of drug-likeness (QED) is 0.458. The monoisotopic (exact) mass is 460 g/mol. The maximum atomic E-state index is 12.7. The lowest BCUT2D eigenvalue weighted by Gasteiger charge is -2.10. The van der Waals surface area contributed by atoms with E-state index in [1.165, 1.54) is 0 Å². The number of ether oxygens (including phenoxy) is 1. The van der Waals surface area contributed by atoms with Gasteiger partial charge in [-0.25, -0.2) is 13.1 Å². The molecule has 1 heterocycles. The number of nitrogens with zero attached hydrogens (tertiary/aromatic N) is 1. The lowest BCUT2D eigenvalue weighted by Crippen LogP contribution is -2.27. The summed E-state index contributed by atoms with van der Waals surface area (Å²) in [5, 5.41) is 0. The molecule has 0 fully saturated rings. The Kier molecular flexibility index (Phi) is 7.66. The van der Waals surface area contributed by atoms with Crippen LogP contribution in [0.3, 0.4) is 0 Å². The van der Waals surface area contributed by atoms with Crippen molar-refractivity contribution < 1.29 is 35.9 Å². The van der Waals surface area contributed by atoms with Crippen molar-refractivity contribution in [1.29, 1.82) is 0 Å². The number of Topliss-reactive ketones (excluding diaryl/α,β-unsaturated/α-hetero) is 1. The van der Waals surface area contributed by atoms with E-state index in [1.807, 2.05) is 23.1 Å². The number of nitrogens with one attached hydrogen (secondary N) is 1. The van der Waals surface area contributed by atoms with Crippen LogP contribution in [0.1, 0.15) is 40.7 Å². The highest BCUT2D eigenvalue weighted by molar-refractivity contribution is 7.89. The molecule has 0 atom stereocenters. The molecule has 170 valence electrons. The molecule has 0 amide bonds. The molecule has 0 aliphatic heterocycles. The first-order valence-corrected chi connectivity index (χ1v) is 10.9. The minimum Gasteiger partial charge on any atom is -0.457 e. The van der Waals surface area contributed by atoms with Gasteiger partial charge in [0.25, 0.3) is 0 Å². The SMILES string of the molecule is CCn1c(C)cc(C(=O)COC(=O)CCNS(=O)(=O)c2cccc(C(F)(F)F)c2)c1C. The molecule has 2 rings (SSSR count). The van der Waals surface area contributed by atoms with Crippen LogP contribution in [0.15, 0.2) is 35.2 Å². The zero-order valence-electron chi connectivity index (χ0n) is 17.2. The van der Waals surface area contributed by atoms with E-state index in [0.717, 1.165) is 29.6 Å². The Hall–Kier alpha value is -2.66. The van der Waals surface area contributed by atoms with Crippen LogP contribution in [-0.2, 0) is 32.3 Å². The summed E-state index contributed by atoms with van der Waals surface area (Å²) in [6, 6.07) is 4.96. The smallest absolute Gasteiger partial charge is 0.416 e. The minimum absolute atomic E-state index is 0.384. The van der Waals surface area contributed by atoms with Crippen LogP contribution >= 0.6 is 0 Å². The lowest BCUT2D eigenvalue weighted by atomic mass is 10.1. The number of aryl methyl sites for hydroxylation is 1. The Morgan fingerprint density at radius 3 is 2.42 bits per heavy atom. The van der Waals surface area contributed by atoms with Crippen molar-refractivity contribution in [2.75, 3.05) is 13.2 Å². The number of hydrogen-bond donors (Lipinski definition) is 1. The number of carbonyl (C=O) groups is 2. The maximum Gasteiger partial charge on any atom is 0.416 e. The van der Waals surface area contributed by atoms with E-state index in [4.69, 9.17) is 4.74 Å². The number of carbonyl (C=O) groups excluding carboxylic acids is 2. The Morgan fingerprint density at radius 2 is 1.84 bits per heavy atom.